The summed E-state index contributed by atoms with van der Waals surface area (Å²) in [6.07, 6.45) is 1.31. The van der Waals surface area contributed by atoms with Gasteiger partial charge in [0, 0.05) is 16.3 Å². The van der Waals surface area contributed by atoms with Gasteiger partial charge in [0.25, 0.3) is 0 Å². The van der Waals surface area contributed by atoms with Gasteiger partial charge in [0.1, 0.15) is 0 Å². The van der Waals surface area contributed by atoms with E-state index >= 15 is 0 Å². The van der Waals surface area contributed by atoms with Crippen molar-refractivity contribution in [2.24, 2.45) is 0 Å². The Balaban J connectivity index is 1.51. The molecular weight excluding hydrogens is 444 g/mol. The molecule has 4 aromatic rings. The Hall–Kier alpha value is -2.34. The molecule has 0 aliphatic carbocycles. The van der Waals surface area contributed by atoms with Gasteiger partial charge in [-0.15, -0.1) is 11.8 Å². The maximum absolute atomic E-state index is 13.2. The highest BCUT2D eigenvalue weighted by molar-refractivity contribution is 7.99. The van der Waals surface area contributed by atoms with Gasteiger partial charge in [-0.2, -0.15) is 0 Å². The van der Waals surface area contributed by atoms with Crippen LogP contribution in [-0.2, 0) is 11.3 Å². The molecule has 3 nitrogen and oxygen atoms in total. The van der Waals surface area contributed by atoms with E-state index in [0.29, 0.717) is 18.0 Å². The van der Waals surface area contributed by atoms with Crippen LogP contribution in [0, 0.1) is 6.92 Å². The van der Waals surface area contributed by atoms with Gasteiger partial charge in [-0.1, -0.05) is 71.5 Å². The summed E-state index contributed by atoms with van der Waals surface area (Å²) in [6, 6.07) is 24.2. The summed E-state index contributed by atoms with van der Waals surface area (Å²) in [4.78, 5) is 21.1. The fourth-order valence-corrected chi connectivity index (χ4v) is 5.37. The molecule has 0 radical (unpaired) electrons. The molecule has 4 rings (SSSR count). The van der Waals surface area contributed by atoms with E-state index in [9.17, 15) is 4.79 Å². The predicted molar refractivity (Wildman–Crippen MR) is 133 cm³/mol. The first-order chi connectivity index (χ1) is 15.1. The molecule has 0 spiro atoms. The number of hydrogen-bond acceptors (Lipinski definition) is 4. The average molecular weight is 467 g/mol. The lowest BCUT2D eigenvalue weighted by Gasteiger charge is -2.20. The number of carbonyl (C=O) groups is 1. The molecule has 0 saturated carbocycles. The third-order valence-corrected chi connectivity index (χ3v) is 7.55. The Labute approximate surface area is 196 Å². The molecule has 158 valence electrons. The van der Waals surface area contributed by atoms with Crippen molar-refractivity contribution in [2.75, 3.05) is 10.7 Å². The number of amides is 1. The molecule has 3 aromatic carbocycles. The molecule has 0 unspecified atom stereocenters. The van der Waals surface area contributed by atoms with Crippen LogP contribution in [0.25, 0.3) is 10.2 Å². The molecule has 0 saturated heterocycles. The number of rotatable bonds is 8. The zero-order valence-electron chi connectivity index (χ0n) is 17.3. The molecule has 0 aliphatic heterocycles. The van der Waals surface area contributed by atoms with Crippen molar-refractivity contribution in [3.8, 4) is 0 Å². The highest BCUT2D eigenvalue weighted by atomic mass is 35.5. The summed E-state index contributed by atoms with van der Waals surface area (Å²) < 4.78 is 1.04. The highest BCUT2D eigenvalue weighted by Crippen LogP contribution is 2.34. The van der Waals surface area contributed by atoms with Crippen LogP contribution in [0.4, 0.5) is 5.13 Å². The second-order valence-electron chi connectivity index (χ2n) is 7.25. The van der Waals surface area contributed by atoms with Crippen molar-refractivity contribution in [1.82, 2.24) is 4.98 Å². The van der Waals surface area contributed by atoms with Crippen molar-refractivity contribution in [2.45, 2.75) is 31.2 Å². The lowest BCUT2D eigenvalue weighted by Crippen LogP contribution is -2.30. The number of anilines is 1. The van der Waals surface area contributed by atoms with Crippen LogP contribution in [0.15, 0.2) is 77.7 Å². The van der Waals surface area contributed by atoms with Crippen molar-refractivity contribution in [3.05, 3.63) is 88.9 Å². The first kappa shape index (κ1) is 21.9. The molecule has 0 fully saturated rings. The van der Waals surface area contributed by atoms with Gasteiger partial charge in [-0.3, -0.25) is 9.69 Å². The maximum atomic E-state index is 13.2. The minimum Gasteiger partial charge on any atom is -0.284 e. The second-order valence-corrected chi connectivity index (χ2v) is 9.83. The van der Waals surface area contributed by atoms with E-state index in [-0.39, 0.29) is 5.91 Å². The number of aromatic nitrogens is 1. The number of halogens is 1. The van der Waals surface area contributed by atoms with Crippen LogP contribution in [0.2, 0.25) is 5.02 Å². The van der Waals surface area contributed by atoms with Crippen LogP contribution in [0.1, 0.15) is 24.0 Å². The van der Waals surface area contributed by atoms with Gasteiger partial charge in [0.15, 0.2) is 5.13 Å². The minimum absolute atomic E-state index is 0.0975. The first-order valence-electron chi connectivity index (χ1n) is 10.2. The minimum atomic E-state index is 0.0975. The molecule has 0 N–H and O–H groups in total. The van der Waals surface area contributed by atoms with Crippen molar-refractivity contribution >= 4 is 56.0 Å². The summed E-state index contributed by atoms with van der Waals surface area (Å²) in [5.41, 5.74) is 2.91. The smallest absolute Gasteiger partial charge is 0.229 e. The van der Waals surface area contributed by atoms with Gasteiger partial charge in [-0.05, 0) is 54.5 Å². The van der Waals surface area contributed by atoms with Crippen molar-refractivity contribution < 1.29 is 4.79 Å². The van der Waals surface area contributed by atoms with Crippen LogP contribution < -0.4 is 4.90 Å². The number of thiazole rings is 1. The van der Waals surface area contributed by atoms with Crippen LogP contribution in [-0.4, -0.2) is 16.6 Å². The first-order valence-corrected chi connectivity index (χ1v) is 12.4. The van der Waals surface area contributed by atoms with Gasteiger partial charge in [0.05, 0.1) is 16.8 Å². The lowest BCUT2D eigenvalue weighted by molar-refractivity contribution is -0.118. The number of fused-ring (bicyclic) bond motifs is 1. The Kier molecular flexibility index (Phi) is 7.28. The molecule has 31 heavy (non-hydrogen) atoms. The summed E-state index contributed by atoms with van der Waals surface area (Å²) in [7, 11) is 0. The maximum Gasteiger partial charge on any atom is 0.229 e. The Bertz CT molecular complexity index is 1160. The van der Waals surface area contributed by atoms with Gasteiger partial charge < -0.3 is 0 Å². The second kappa shape index (κ2) is 10.3. The fraction of sp³-hybridized carbons (Fsp3) is 0.200. The van der Waals surface area contributed by atoms with E-state index in [1.807, 2.05) is 72.5 Å². The summed E-state index contributed by atoms with van der Waals surface area (Å²) >= 11 is 9.61. The fourth-order valence-electron chi connectivity index (χ4n) is 3.30. The van der Waals surface area contributed by atoms with Crippen LogP contribution in [0.3, 0.4) is 0 Å². The number of thioether (sulfide) groups is 1. The molecule has 0 bridgehead atoms. The lowest BCUT2D eigenvalue weighted by atomic mass is 10.2. The quantitative estimate of drug-likeness (QED) is 0.201. The monoisotopic (exact) mass is 466 g/mol. The molecule has 0 aliphatic rings. The Morgan fingerprint density at radius 1 is 1.03 bits per heavy atom. The highest BCUT2D eigenvalue weighted by Gasteiger charge is 2.21. The normalized spacial score (nSPS) is 11.0. The third-order valence-electron chi connectivity index (χ3n) is 5.00. The summed E-state index contributed by atoms with van der Waals surface area (Å²) in [5.74, 6) is 1.00. The van der Waals surface area contributed by atoms with Crippen molar-refractivity contribution in [1.29, 1.82) is 0 Å². The average Bonchev–Trinajstić information content (AvgIpc) is 3.23. The number of benzene rings is 3. The molecule has 0 atom stereocenters. The predicted octanol–water partition coefficient (Wildman–Crippen LogP) is 7.36. The van der Waals surface area contributed by atoms with E-state index in [1.165, 1.54) is 4.90 Å². The van der Waals surface area contributed by atoms with Crippen LogP contribution in [0.5, 0.6) is 0 Å². The largest absolute Gasteiger partial charge is 0.284 e. The molecule has 1 amide bonds. The van der Waals surface area contributed by atoms with E-state index in [1.54, 1.807) is 23.1 Å². The van der Waals surface area contributed by atoms with Gasteiger partial charge in [0.2, 0.25) is 5.91 Å². The summed E-state index contributed by atoms with van der Waals surface area (Å²) in [6.45, 7) is 2.48. The van der Waals surface area contributed by atoms with Crippen LogP contribution >= 0.6 is 34.7 Å². The summed E-state index contributed by atoms with van der Waals surface area (Å²) in [5, 5.41) is 1.42. The Morgan fingerprint density at radius 3 is 2.48 bits per heavy atom. The molecule has 1 heterocycles. The van der Waals surface area contributed by atoms with Gasteiger partial charge in [-0.25, -0.2) is 4.98 Å². The zero-order valence-corrected chi connectivity index (χ0v) is 19.6. The SMILES string of the molecule is Cc1c(Cl)ccc2sc(N(Cc3ccccc3)C(=O)CCCSc3ccccc3)nc12. The number of carbonyl (C=O) groups excluding carboxylic acids is 1. The standard InChI is InChI=1S/C25H23ClN2OS2/c1-18-21(26)14-15-22-24(18)27-25(31-22)28(17-19-9-4-2-5-10-19)23(29)13-8-16-30-20-11-6-3-7-12-20/h2-7,9-12,14-15H,8,13,16-17H2,1H3. The molecule has 6 heteroatoms. The van der Waals surface area contributed by atoms with E-state index < -0.39 is 0 Å². The zero-order chi connectivity index (χ0) is 21.6. The topological polar surface area (TPSA) is 33.2 Å². The molecule has 1 aromatic heterocycles. The van der Waals surface area contributed by atoms with E-state index in [4.69, 9.17) is 16.6 Å². The Morgan fingerprint density at radius 2 is 1.74 bits per heavy atom. The molecular formula is C25H23ClN2OS2. The van der Waals surface area contributed by atoms with E-state index in [2.05, 4.69) is 12.1 Å². The van der Waals surface area contributed by atoms with Crippen molar-refractivity contribution in [3.63, 3.8) is 0 Å². The van der Waals surface area contributed by atoms with E-state index in [0.717, 1.165) is 38.6 Å². The van der Waals surface area contributed by atoms with Gasteiger partial charge >= 0.3 is 0 Å². The number of nitrogens with zero attached hydrogens (tertiary/aromatic N) is 2. The number of aryl methyl sites for hydroxylation is 1. The third kappa shape index (κ3) is 5.48. The number of hydrogen-bond donors (Lipinski definition) is 0.